The van der Waals surface area contributed by atoms with Crippen LogP contribution in [0.1, 0.15) is 31.3 Å². The van der Waals surface area contributed by atoms with Gasteiger partial charge in [0, 0.05) is 12.7 Å². The summed E-state index contributed by atoms with van der Waals surface area (Å²) in [6.45, 7) is 5.95. The molecule has 0 bridgehead atoms. The molecule has 1 aromatic heterocycles. The van der Waals surface area contributed by atoms with Crippen LogP contribution in [0.2, 0.25) is 5.02 Å². The Morgan fingerprint density at radius 1 is 1.50 bits per heavy atom. The highest BCUT2D eigenvalue weighted by molar-refractivity contribution is 6.31. The lowest BCUT2D eigenvalue weighted by Gasteiger charge is -2.18. The number of carbonyl (C=O) groups excluding carboxylic acids is 1. The van der Waals surface area contributed by atoms with Crippen molar-refractivity contribution >= 4 is 23.5 Å². The normalized spacial score (nSPS) is 12.5. The quantitative estimate of drug-likeness (QED) is 0.861. The Hall–Kier alpha value is -1.49. The Bertz CT molecular complexity index is 454. The van der Waals surface area contributed by atoms with Gasteiger partial charge in [-0.2, -0.15) is 0 Å². The molecule has 1 atom stereocenters. The second-order valence-corrected chi connectivity index (χ2v) is 4.80. The first-order valence-corrected chi connectivity index (χ1v) is 6.14. The molecule has 0 aromatic carbocycles. The van der Waals surface area contributed by atoms with Gasteiger partial charge in [0.1, 0.15) is 11.7 Å². The van der Waals surface area contributed by atoms with E-state index < -0.39 is 17.9 Å². The molecule has 0 aliphatic carbocycles. The van der Waals surface area contributed by atoms with Crippen LogP contribution in [0.4, 0.5) is 0 Å². The minimum Gasteiger partial charge on any atom is -0.480 e. The maximum atomic E-state index is 12.0. The van der Waals surface area contributed by atoms with Gasteiger partial charge in [0.05, 0.1) is 5.02 Å². The zero-order chi connectivity index (χ0) is 13.9. The van der Waals surface area contributed by atoms with E-state index >= 15 is 0 Å². The number of hydrogen-bond acceptors (Lipinski definition) is 2. The molecule has 100 valence electrons. The van der Waals surface area contributed by atoms with Crippen molar-refractivity contribution < 1.29 is 14.7 Å². The molecular weight excluding hydrogens is 256 g/mol. The number of nitrogens with zero attached hydrogens (tertiary/aromatic N) is 1. The number of carbonyl (C=O) groups is 2. The minimum atomic E-state index is -1.04. The van der Waals surface area contributed by atoms with E-state index in [0.29, 0.717) is 17.3 Å². The van der Waals surface area contributed by atoms with Crippen LogP contribution in [0, 0.1) is 5.92 Å². The highest BCUT2D eigenvalue weighted by atomic mass is 35.5. The molecule has 1 heterocycles. The Labute approximate surface area is 111 Å². The lowest BCUT2D eigenvalue weighted by Crippen LogP contribution is -2.44. The zero-order valence-electron chi connectivity index (χ0n) is 10.6. The van der Waals surface area contributed by atoms with Crippen LogP contribution in [0.15, 0.2) is 12.3 Å². The first-order valence-electron chi connectivity index (χ1n) is 5.76. The summed E-state index contributed by atoms with van der Waals surface area (Å²) in [4.78, 5) is 23.0. The van der Waals surface area contributed by atoms with Gasteiger partial charge in [0.25, 0.3) is 5.91 Å². The van der Waals surface area contributed by atoms with Crippen molar-refractivity contribution in [1.29, 1.82) is 0 Å². The number of rotatable bonds is 5. The Morgan fingerprint density at radius 3 is 2.56 bits per heavy atom. The van der Waals surface area contributed by atoms with Crippen molar-refractivity contribution in [3.05, 3.63) is 23.0 Å². The summed E-state index contributed by atoms with van der Waals surface area (Å²) in [6.07, 6.45) is 1.64. The standard InChI is InChI=1S/C12H17ClN2O3/c1-4-15-6-8(13)5-9(15)11(16)14-10(7(2)3)12(17)18/h5-7,10H,4H2,1-3H3,(H,14,16)(H,17,18)/t10-/m0/s1. The topological polar surface area (TPSA) is 71.3 Å². The first kappa shape index (κ1) is 14.6. The molecule has 0 saturated carbocycles. The van der Waals surface area contributed by atoms with Gasteiger partial charge in [-0.25, -0.2) is 4.79 Å². The number of halogens is 1. The van der Waals surface area contributed by atoms with Crippen molar-refractivity contribution in [2.45, 2.75) is 33.4 Å². The molecule has 0 fully saturated rings. The lowest BCUT2D eigenvalue weighted by molar-refractivity contribution is -0.140. The summed E-state index contributed by atoms with van der Waals surface area (Å²) < 4.78 is 1.68. The molecule has 5 nitrogen and oxygen atoms in total. The number of amides is 1. The van der Waals surface area contributed by atoms with Gasteiger partial charge in [-0.3, -0.25) is 4.79 Å². The molecule has 18 heavy (non-hydrogen) atoms. The number of carboxylic acids is 1. The maximum absolute atomic E-state index is 12.0. The fourth-order valence-corrected chi connectivity index (χ4v) is 1.88. The van der Waals surface area contributed by atoms with Gasteiger partial charge in [-0.05, 0) is 18.9 Å². The van der Waals surface area contributed by atoms with Crippen LogP contribution in [-0.4, -0.2) is 27.6 Å². The summed E-state index contributed by atoms with van der Waals surface area (Å²) in [5, 5.41) is 12.0. The van der Waals surface area contributed by atoms with Crippen LogP contribution >= 0.6 is 11.6 Å². The molecule has 0 aliphatic heterocycles. The second-order valence-electron chi connectivity index (χ2n) is 4.36. The zero-order valence-corrected chi connectivity index (χ0v) is 11.4. The highest BCUT2D eigenvalue weighted by Gasteiger charge is 2.25. The van der Waals surface area contributed by atoms with Gasteiger partial charge < -0.3 is 15.0 Å². The van der Waals surface area contributed by atoms with Crippen LogP contribution < -0.4 is 5.32 Å². The third kappa shape index (κ3) is 3.26. The van der Waals surface area contributed by atoms with Gasteiger partial charge >= 0.3 is 5.97 Å². The van der Waals surface area contributed by atoms with Crippen molar-refractivity contribution in [3.8, 4) is 0 Å². The van der Waals surface area contributed by atoms with E-state index in [1.807, 2.05) is 6.92 Å². The second kappa shape index (κ2) is 5.91. The number of aromatic nitrogens is 1. The van der Waals surface area contributed by atoms with E-state index in [1.165, 1.54) is 6.07 Å². The van der Waals surface area contributed by atoms with E-state index in [2.05, 4.69) is 5.32 Å². The molecule has 2 N–H and O–H groups in total. The molecule has 0 radical (unpaired) electrons. The van der Waals surface area contributed by atoms with Crippen LogP contribution in [0.25, 0.3) is 0 Å². The molecule has 0 aliphatic rings. The smallest absolute Gasteiger partial charge is 0.326 e. The Morgan fingerprint density at radius 2 is 2.11 bits per heavy atom. The summed E-state index contributed by atoms with van der Waals surface area (Å²) in [5.41, 5.74) is 0.370. The monoisotopic (exact) mass is 272 g/mol. The van der Waals surface area contributed by atoms with E-state index in [4.69, 9.17) is 16.7 Å². The fraction of sp³-hybridized carbons (Fsp3) is 0.500. The summed E-state index contributed by atoms with van der Waals surface area (Å²) >= 11 is 5.83. The van der Waals surface area contributed by atoms with Crippen LogP contribution in [0.5, 0.6) is 0 Å². The molecule has 0 unspecified atom stereocenters. The van der Waals surface area contributed by atoms with E-state index in [9.17, 15) is 9.59 Å². The number of hydrogen-bond donors (Lipinski definition) is 2. The molecule has 0 saturated heterocycles. The predicted molar refractivity (Wildman–Crippen MR) is 68.8 cm³/mol. The summed E-state index contributed by atoms with van der Waals surface area (Å²) in [7, 11) is 0. The SMILES string of the molecule is CCn1cc(Cl)cc1C(=O)N[C@H](C(=O)O)C(C)C. The summed E-state index contributed by atoms with van der Waals surface area (Å²) in [5.74, 6) is -1.66. The highest BCUT2D eigenvalue weighted by Crippen LogP contribution is 2.14. The Kier molecular flexibility index (Phi) is 4.78. The van der Waals surface area contributed by atoms with Gasteiger partial charge in [-0.1, -0.05) is 25.4 Å². The lowest BCUT2D eigenvalue weighted by atomic mass is 10.0. The number of carboxylic acid groups (broad SMARTS) is 1. The van der Waals surface area contributed by atoms with Crippen LogP contribution in [0.3, 0.4) is 0 Å². The third-order valence-corrected chi connectivity index (χ3v) is 2.86. The minimum absolute atomic E-state index is 0.188. The van der Waals surface area contributed by atoms with Crippen molar-refractivity contribution in [1.82, 2.24) is 9.88 Å². The number of nitrogens with one attached hydrogen (secondary N) is 1. The molecule has 1 amide bonds. The molecule has 1 rings (SSSR count). The Balaban J connectivity index is 2.90. The van der Waals surface area contributed by atoms with Crippen molar-refractivity contribution in [2.24, 2.45) is 5.92 Å². The maximum Gasteiger partial charge on any atom is 0.326 e. The number of aliphatic carboxylic acids is 1. The molecule has 6 heteroatoms. The van der Waals surface area contributed by atoms with Gasteiger partial charge in [-0.15, -0.1) is 0 Å². The van der Waals surface area contributed by atoms with E-state index in [-0.39, 0.29) is 5.92 Å². The average Bonchev–Trinajstić information content (AvgIpc) is 2.66. The third-order valence-electron chi connectivity index (χ3n) is 2.66. The largest absolute Gasteiger partial charge is 0.480 e. The first-order chi connectivity index (χ1) is 8.36. The van der Waals surface area contributed by atoms with E-state index in [0.717, 1.165) is 0 Å². The average molecular weight is 273 g/mol. The summed E-state index contributed by atoms with van der Waals surface area (Å²) in [6, 6.07) is 0.621. The van der Waals surface area contributed by atoms with E-state index in [1.54, 1.807) is 24.6 Å². The van der Waals surface area contributed by atoms with Crippen molar-refractivity contribution in [3.63, 3.8) is 0 Å². The molecular formula is C12H17ClN2O3. The van der Waals surface area contributed by atoms with Crippen molar-refractivity contribution in [2.75, 3.05) is 0 Å². The number of aryl methyl sites for hydroxylation is 1. The van der Waals surface area contributed by atoms with Crippen LogP contribution in [-0.2, 0) is 11.3 Å². The molecule has 0 spiro atoms. The predicted octanol–water partition coefficient (Wildman–Crippen LogP) is 2.00. The van der Waals surface area contributed by atoms with Gasteiger partial charge in [0.2, 0.25) is 0 Å². The fourth-order valence-electron chi connectivity index (χ4n) is 1.66. The molecule has 1 aromatic rings. The van der Waals surface area contributed by atoms with Gasteiger partial charge in [0.15, 0.2) is 0 Å².